The molecule has 0 aromatic carbocycles. The summed E-state index contributed by atoms with van der Waals surface area (Å²) in [4.78, 5) is 0. The van der Waals surface area contributed by atoms with Crippen LogP contribution < -0.4 is 0 Å². The Kier molecular flexibility index (Phi) is 2.37. The van der Waals surface area contributed by atoms with Crippen LogP contribution in [0, 0.1) is 0 Å². The normalized spacial score (nSPS) is 26.9. The Morgan fingerprint density at radius 1 is 1.89 bits per heavy atom. The maximum absolute atomic E-state index is 5.55. The van der Waals surface area contributed by atoms with Gasteiger partial charge >= 0.3 is 0 Å². The van der Waals surface area contributed by atoms with Crippen molar-refractivity contribution in [2.24, 2.45) is 0 Å². The standard InChI is InChI=1S/C6H9ClO2/c1-5-3-8-4-9-6(5)2-7/h3,6H,2,4H2,1H3. The molecular weight excluding hydrogens is 140 g/mol. The van der Waals surface area contributed by atoms with Gasteiger partial charge in [0.2, 0.25) is 0 Å². The van der Waals surface area contributed by atoms with Crippen molar-refractivity contribution in [3.8, 4) is 0 Å². The van der Waals surface area contributed by atoms with Gasteiger partial charge in [-0.25, -0.2) is 0 Å². The maximum Gasteiger partial charge on any atom is 0.188 e. The monoisotopic (exact) mass is 148 g/mol. The Labute approximate surface area is 59.4 Å². The zero-order valence-electron chi connectivity index (χ0n) is 5.26. The van der Waals surface area contributed by atoms with Gasteiger partial charge in [0, 0.05) is 0 Å². The van der Waals surface area contributed by atoms with Crippen molar-refractivity contribution in [2.45, 2.75) is 13.0 Å². The van der Waals surface area contributed by atoms with Gasteiger partial charge in [-0.15, -0.1) is 11.6 Å². The highest BCUT2D eigenvalue weighted by Crippen LogP contribution is 2.12. The zero-order valence-corrected chi connectivity index (χ0v) is 6.02. The largest absolute Gasteiger partial charge is 0.475 e. The van der Waals surface area contributed by atoms with E-state index < -0.39 is 0 Å². The van der Waals surface area contributed by atoms with Gasteiger partial charge in [0.25, 0.3) is 0 Å². The quantitative estimate of drug-likeness (QED) is 0.525. The minimum absolute atomic E-state index is 0.0559. The molecule has 1 aliphatic rings. The number of ether oxygens (including phenoxy) is 2. The second-order valence-corrected chi connectivity index (χ2v) is 2.26. The molecule has 2 nitrogen and oxygen atoms in total. The van der Waals surface area contributed by atoms with Crippen LogP contribution in [0.2, 0.25) is 0 Å². The van der Waals surface area contributed by atoms with Crippen LogP contribution >= 0.6 is 11.6 Å². The number of rotatable bonds is 1. The summed E-state index contributed by atoms with van der Waals surface area (Å²) in [5.41, 5.74) is 1.05. The summed E-state index contributed by atoms with van der Waals surface area (Å²) in [6.07, 6.45) is 1.75. The highest BCUT2D eigenvalue weighted by atomic mass is 35.5. The van der Waals surface area contributed by atoms with Crippen molar-refractivity contribution in [2.75, 3.05) is 12.7 Å². The van der Waals surface area contributed by atoms with Crippen LogP contribution in [0.4, 0.5) is 0 Å². The van der Waals surface area contributed by atoms with Crippen LogP contribution in [-0.4, -0.2) is 18.8 Å². The zero-order chi connectivity index (χ0) is 6.69. The number of hydrogen-bond acceptors (Lipinski definition) is 2. The van der Waals surface area contributed by atoms with Crippen LogP contribution in [0.3, 0.4) is 0 Å². The second-order valence-electron chi connectivity index (χ2n) is 1.96. The van der Waals surface area contributed by atoms with E-state index in [1.165, 1.54) is 0 Å². The number of halogens is 1. The first-order chi connectivity index (χ1) is 4.34. The minimum atomic E-state index is 0.0559. The lowest BCUT2D eigenvalue weighted by atomic mass is 10.2. The van der Waals surface area contributed by atoms with Crippen molar-refractivity contribution in [1.29, 1.82) is 0 Å². The van der Waals surface area contributed by atoms with E-state index >= 15 is 0 Å². The fourth-order valence-corrected chi connectivity index (χ4v) is 0.993. The summed E-state index contributed by atoms with van der Waals surface area (Å²) in [6, 6.07) is 0. The van der Waals surface area contributed by atoms with E-state index in [0.29, 0.717) is 12.7 Å². The van der Waals surface area contributed by atoms with Crippen molar-refractivity contribution in [3.05, 3.63) is 11.8 Å². The van der Waals surface area contributed by atoms with Crippen molar-refractivity contribution < 1.29 is 9.47 Å². The molecule has 1 atom stereocenters. The van der Waals surface area contributed by atoms with Crippen LogP contribution in [-0.2, 0) is 9.47 Å². The van der Waals surface area contributed by atoms with Crippen molar-refractivity contribution in [1.82, 2.24) is 0 Å². The topological polar surface area (TPSA) is 18.5 Å². The van der Waals surface area contributed by atoms with Crippen LogP contribution in [0.15, 0.2) is 11.8 Å². The highest BCUT2D eigenvalue weighted by Gasteiger charge is 2.13. The van der Waals surface area contributed by atoms with E-state index in [1.54, 1.807) is 6.26 Å². The summed E-state index contributed by atoms with van der Waals surface area (Å²) in [7, 11) is 0. The van der Waals surface area contributed by atoms with Gasteiger partial charge in [-0.2, -0.15) is 0 Å². The summed E-state index contributed by atoms with van der Waals surface area (Å²) >= 11 is 5.55. The van der Waals surface area contributed by atoms with Crippen LogP contribution in [0.5, 0.6) is 0 Å². The van der Waals surface area contributed by atoms with Gasteiger partial charge < -0.3 is 9.47 Å². The predicted octanol–water partition coefficient (Wildman–Crippen LogP) is 1.50. The van der Waals surface area contributed by atoms with E-state index in [0.717, 1.165) is 5.57 Å². The van der Waals surface area contributed by atoms with Gasteiger partial charge in [0.1, 0.15) is 0 Å². The molecule has 1 heterocycles. The fraction of sp³-hybridized carbons (Fsp3) is 0.667. The molecule has 0 aliphatic carbocycles. The maximum atomic E-state index is 5.55. The molecule has 9 heavy (non-hydrogen) atoms. The second kappa shape index (κ2) is 3.08. The van der Waals surface area contributed by atoms with E-state index in [1.807, 2.05) is 6.92 Å². The molecule has 0 aromatic heterocycles. The fourth-order valence-electron chi connectivity index (χ4n) is 0.660. The first-order valence-corrected chi connectivity index (χ1v) is 3.34. The first-order valence-electron chi connectivity index (χ1n) is 2.80. The molecule has 0 saturated carbocycles. The van der Waals surface area contributed by atoms with Crippen molar-refractivity contribution >= 4 is 11.6 Å². The molecule has 0 amide bonds. The molecule has 0 radical (unpaired) electrons. The van der Waals surface area contributed by atoms with E-state index in [2.05, 4.69) is 0 Å². The summed E-state index contributed by atoms with van der Waals surface area (Å²) < 4.78 is 9.99. The van der Waals surface area contributed by atoms with Gasteiger partial charge in [-0.1, -0.05) is 0 Å². The molecule has 1 unspecified atom stereocenters. The average molecular weight is 149 g/mol. The smallest absolute Gasteiger partial charge is 0.188 e. The van der Waals surface area contributed by atoms with E-state index in [-0.39, 0.29) is 6.10 Å². The molecule has 0 N–H and O–H groups in total. The average Bonchev–Trinajstić information content (AvgIpc) is 1.89. The predicted molar refractivity (Wildman–Crippen MR) is 35.3 cm³/mol. The Bertz CT molecular complexity index is 122. The Balaban J connectivity index is 2.50. The van der Waals surface area contributed by atoms with E-state index in [9.17, 15) is 0 Å². The van der Waals surface area contributed by atoms with Gasteiger partial charge in [0.15, 0.2) is 6.79 Å². The Hall–Kier alpha value is -0.210. The van der Waals surface area contributed by atoms with Gasteiger partial charge in [0.05, 0.1) is 18.2 Å². The molecule has 0 fully saturated rings. The summed E-state index contributed by atoms with van der Waals surface area (Å²) in [5, 5.41) is 0. The minimum Gasteiger partial charge on any atom is -0.475 e. The number of alkyl halides is 1. The Morgan fingerprint density at radius 3 is 3.11 bits per heavy atom. The molecule has 0 saturated heterocycles. The van der Waals surface area contributed by atoms with Crippen molar-refractivity contribution in [3.63, 3.8) is 0 Å². The molecule has 3 heteroatoms. The summed E-state index contributed by atoms with van der Waals surface area (Å²) in [5.74, 6) is 0.506. The molecule has 0 aromatic rings. The Morgan fingerprint density at radius 2 is 2.67 bits per heavy atom. The molecule has 0 bridgehead atoms. The molecular formula is C6H9ClO2. The highest BCUT2D eigenvalue weighted by molar-refractivity contribution is 6.18. The molecule has 52 valence electrons. The lowest BCUT2D eigenvalue weighted by molar-refractivity contribution is -0.0560. The summed E-state index contributed by atoms with van der Waals surface area (Å²) in [6.45, 7) is 2.26. The van der Waals surface area contributed by atoms with Gasteiger partial charge in [-0.3, -0.25) is 0 Å². The third kappa shape index (κ3) is 1.60. The molecule has 1 aliphatic heterocycles. The molecule has 0 spiro atoms. The van der Waals surface area contributed by atoms with E-state index in [4.69, 9.17) is 21.1 Å². The number of hydrogen-bond donors (Lipinski definition) is 0. The lowest BCUT2D eigenvalue weighted by Gasteiger charge is -2.19. The first kappa shape index (κ1) is 6.90. The van der Waals surface area contributed by atoms with Crippen LogP contribution in [0.1, 0.15) is 6.92 Å². The van der Waals surface area contributed by atoms with Crippen LogP contribution in [0.25, 0.3) is 0 Å². The lowest BCUT2D eigenvalue weighted by Crippen LogP contribution is -2.21. The third-order valence-electron chi connectivity index (χ3n) is 1.25. The third-order valence-corrected chi connectivity index (χ3v) is 1.53. The molecule has 1 rings (SSSR count). The SMILES string of the molecule is CC1=COCOC1CCl. The van der Waals surface area contributed by atoms with Gasteiger partial charge in [-0.05, 0) is 12.5 Å².